The number of nitrogens with two attached hydrogens (primary N) is 1. The van der Waals surface area contributed by atoms with Crippen LogP contribution in [0.2, 0.25) is 0 Å². The molecule has 1 aromatic rings. The third-order valence-corrected chi connectivity index (χ3v) is 6.57. The number of primary amides is 1. The first-order valence-corrected chi connectivity index (χ1v) is 10.4. The average Bonchev–Trinajstić information content (AvgIpc) is 3.06. The summed E-state index contributed by atoms with van der Waals surface area (Å²) in [5, 5.41) is 5.12. The summed E-state index contributed by atoms with van der Waals surface area (Å²) in [6.07, 6.45) is 8.49. The Morgan fingerprint density at radius 3 is 2.72 bits per heavy atom. The standard InChI is InChI=1S/C19H29N3O2S/c20-18(23)14-7-11-22(12-8-14)10-4-3-9-21-19(24)16-13-25-17-6-2-1-5-15(16)17/h13-14H,1-12H2,(H2,20,23)(H,21,24). The Bertz CT molecular complexity index is 606. The highest BCUT2D eigenvalue weighted by molar-refractivity contribution is 7.10. The molecule has 0 radical (unpaired) electrons. The molecule has 0 spiro atoms. The fraction of sp³-hybridized carbons (Fsp3) is 0.684. The molecule has 1 fully saturated rings. The van der Waals surface area contributed by atoms with E-state index in [2.05, 4.69) is 10.2 Å². The van der Waals surface area contributed by atoms with Gasteiger partial charge < -0.3 is 16.0 Å². The van der Waals surface area contributed by atoms with Crippen molar-refractivity contribution in [2.75, 3.05) is 26.2 Å². The highest BCUT2D eigenvalue weighted by Gasteiger charge is 2.22. The Morgan fingerprint density at radius 1 is 1.20 bits per heavy atom. The minimum atomic E-state index is -0.155. The molecule has 2 amide bonds. The summed E-state index contributed by atoms with van der Waals surface area (Å²) in [6.45, 7) is 3.69. The largest absolute Gasteiger partial charge is 0.369 e. The third kappa shape index (κ3) is 4.82. The van der Waals surface area contributed by atoms with Crippen molar-refractivity contribution >= 4 is 23.2 Å². The lowest BCUT2D eigenvalue weighted by Crippen LogP contribution is -2.39. The lowest BCUT2D eigenvalue weighted by Gasteiger charge is -2.30. The van der Waals surface area contributed by atoms with E-state index in [4.69, 9.17) is 5.73 Å². The maximum atomic E-state index is 12.4. The topological polar surface area (TPSA) is 75.4 Å². The molecule has 25 heavy (non-hydrogen) atoms. The number of rotatable bonds is 7. The van der Waals surface area contributed by atoms with E-state index in [0.717, 1.165) is 70.3 Å². The van der Waals surface area contributed by atoms with Crippen LogP contribution < -0.4 is 11.1 Å². The first kappa shape index (κ1) is 18.4. The van der Waals surface area contributed by atoms with E-state index in [9.17, 15) is 9.59 Å². The number of nitrogens with one attached hydrogen (secondary N) is 1. The van der Waals surface area contributed by atoms with Crippen LogP contribution in [0.1, 0.15) is 59.3 Å². The molecule has 0 unspecified atom stereocenters. The Kier molecular flexibility index (Phi) is 6.48. The van der Waals surface area contributed by atoms with Crippen molar-refractivity contribution in [3.63, 3.8) is 0 Å². The number of aryl methyl sites for hydroxylation is 1. The van der Waals surface area contributed by atoms with Crippen molar-refractivity contribution < 1.29 is 9.59 Å². The van der Waals surface area contributed by atoms with Gasteiger partial charge in [0.25, 0.3) is 5.91 Å². The van der Waals surface area contributed by atoms with Gasteiger partial charge in [-0.15, -0.1) is 11.3 Å². The van der Waals surface area contributed by atoms with Crippen LogP contribution in [0.3, 0.4) is 0 Å². The van der Waals surface area contributed by atoms with E-state index in [1.54, 1.807) is 11.3 Å². The molecule has 0 atom stereocenters. The predicted octanol–water partition coefficient (Wildman–Crippen LogP) is 2.33. The molecule has 1 saturated heterocycles. The summed E-state index contributed by atoms with van der Waals surface area (Å²) in [4.78, 5) is 27.4. The van der Waals surface area contributed by atoms with Gasteiger partial charge in [0, 0.05) is 22.7 Å². The zero-order valence-corrected chi connectivity index (χ0v) is 15.7. The van der Waals surface area contributed by atoms with Crippen molar-refractivity contribution in [3.05, 3.63) is 21.4 Å². The van der Waals surface area contributed by atoms with Crippen molar-refractivity contribution in [2.24, 2.45) is 11.7 Å². The summed E-state index contributed by atoms with van der Waals surface area (Å²) in [5.41, 5.74) is 7.57. The second kappa shape index (κ2) is 8.81. The number of carbonyl (C=O) groups excluding carboxylic acids is 2. The van der Waals surface area contributed by atoms with Crippen LogP contribution in [0.25, 0.3) is 0 Å². The van der Waals surface area contributed by atoms with E-state index in [1.165, 1.54) is 23.3 Å². The van der Waals surface area contributed by atoms with Gasteiger partial charge in [-0.25, -0.2) is 0 Å². The summed E-state index contributed by atoms with van der Waals surface area (Å²) in [6, 6.07) is 0. The first-order valence-electron chi connectivity index (χ1n) is 9.54. The summed E-state index contributed by atoms with van der Waals surface area (Å²) >= 11 is 1.74. The van der Waals surface area contributed by atoms with E-state index >= 15 is 0 Å². The molecule has 1 aliphatic heterocycles. The van der Waals surface area contributed by atoms with E-state index < -0.39 is 0 Å². The van der Waals surface area contributed by atoms with Crippen molar-refractivity contribution in [3.8, 4) is 0 Å². The van der Waals surface area contributed by atoms with Gasteiger partial charge in [0.15, 0.2) is 0 Å². The average molecular weight is 364 g/mol. The molecular weight excluding hydrogens is 334 g/mol. The normalized spacial score (nSPS) is 18.7. The molecule has 3 N–H and O–H groups in total. The van der Waals surface area contributed by atoms with Gasteiger partial charge in [-0.2, -0.15) is 0 Å². The molecule has 0 aromatic carbocycles. The molecule has 138 valence electrons. The van der Waals surface area contributed by atoms with Gasteiger partial charge in [-0.1, -0.05) is 0 Å². The number of piperidine rings is 1. The van der Waals surface area contributed by atoms with Crippen LogP contribution in [0, 0.1) is 5.92 Å². The molecule has 5 nitrogen and oxygen atoms in total. The van der Waals surface area contributed by atoms with Crippen LogP contribution in [-0.4, -0.2) is 42.9 Å². The van der Waals surface area contributed by atoms with Crippen LogP contribution in [0.5, 0.6) is 0 Å². The molecule has 0 bridgehead atoms. The highest BCUT2D eigenvalue weighted by atomic mass is 32.1. The van der Waals surface area contributed by atoms with E-state index in [-0.39, 0.29) is 17.7 Å². The maximum Gasteiger partial charge on any atom is 0.252 e. The van der Waals surface area contributed by atoms with E-state index in [1.807, 2.05) is 5.38 Å². The van der Waals surface area contributed by atoms with Crippen molar-refractivity contribution in [1.29, 1.82) is 0 Å². The number of hydrogen-bond donors (Lipinski definition) is 2. The Morgan fingerprint density at radius 2 is 1.96 bits per heavy atom. The number of nitrogens with zero attached hydrogens (tertiary/aromatic N) is 1. The smallest absolute Gasteiger partial charge is 0.252 e. The summed E-state index contributed by atoms with van der Waals surface area (Å²) in [7, 11) is 0. The van der Waals surface area contributed by atoms with Gasteiger partial charge in [-0.05, 0) is 76.6 Å². The fourth-order valence-corrected chi connectivity index (χ4v) is 5.01. The molecular formula is C19H29N3O2S. The maximum absolute atomic E-state index is 12.4. The van der Waals surface area contributed by atoms with Crippen molar-refractivity contribution in [2.45, 2.75) is 51.4 Å². The molecule has 1 aromatic heterocycles. The number of hydrogen-bond acceptors (Lipinski definition) is 4. The molecule has 2 heterocycles. The van der Waals surface area contributed by atoms with Crippen molar-refractivity contribution in [1.82, 2.24) is 10.2 Å². The SMILES string of the molecule is NC(=O)C1CCN(CCCCNC(=O)c2csc3c2CCCC3)CC1. The fourth-order valence-electron chi connectivity index (χ4n) is 3.88. The lowest BCUT2D eigenvalue weighted by atomic mass is 9.95. The zero-order valence-electron chi connectivity index (χ0n) is 14.9. The van der Waals surface area contributed by atoms with Gasteiger partial charge in [0.05, 0.1) is 5.56 Å². The molecule has 6 heteroatoms. The Hall–Kier alpha value is -1.40. The number of carbonyl (C=O) groups is 2. The summed E-state index contributed by atoms with van der Waals surface area (Å²) in [5.74, 6) is 0.00623. The van der Waals surface area contributed by atoms with Crippen LogP contribution in [0.15, 0.2) is 5.38 Å². The number of fused-ring (bicyclic) bond motifs is 1. The monoisotopic (exact) mass is 363 g/mol. The number of unbranched alkanes of at least 4 members (excludes halogenated alkanes) is 1. The molecule has 1 aliphatic carbocycles. The number of likely N-dealkylation sites (tertiary alicyclic amines) is 1. The molecule has 2 aliphatic rings. The first-order chi connectivity index (χ1) is 12.1. The second-order valence-electron chi connectivity index (χ2n) is 7.24. The van der Waals surface area contributed by atoms with Crippen LogP contribution >= 0.6 is 11.3 Å². The predicted molar refractivity (Wildman–Crippen MR) is 101 cm³/mol. The third-order valence-electron chi connectivity index (χ3n) is 5.48. The minimum absolute atomic E-state index is 0.0621. The number of amides is 2. The second-order valence-corrected chi connectivity index (χ2v) is 8.20. The quantitative estimate of drug-likeness (QED) is 0.730. The number of thiophene rings is 1. The van der Waals surface area contributed by atoms with E-state index in [0.29, 0.717) is 0 Å². The van der Waals surface area contributed by atoms with Crippen LogP contribution in [-0.2, 0) is 17.6 Å². The minimum Gasteiger partial charge on any atom is -0.369 e. The summed E-state index contributed by atoms with van der Waals surface area (Å²) < 4.78 is 0. The lowest BCUT2D eigenvalue weighted by molar-refractivity contribution is -0.123. The van der Waals surface area contributed by atoms with Gasteiger partial charge in [-0.3, -0.25) is 9.59 Å². The molecule has 0 saturated carbocycles. The Labute approximate surface area is 154 Å². The molecule has 3 rings (SSSR count). The zero-order chi connectivity index (χ0) is 17.6. The van der Waals surface area contributed by atoms with Gasteiger partial charge >= 0.3 is 0 Å². The van der Waals surface area contributed by atoms with Crippen LogP contribution in [0.4, 0.5) is 0 Å². The van der Waals surface area contributed by atoms with Gasteiger partial charge in [0.2, 0.25) is 5.91 Å². The highest BCUT2D eigenvalue weighted by Crippen LogP contribution is 2.30. The Balaban J connectivity index is 1.32. The van der Waals surface area contributed by atoms with Gasteiger partial charge in [0.1, 0.15) is 0 Å².